The van der Waals surface area contributed by atoms with Crippen LogP contribution >= 0.6 is 0 Å². The van der Waals surface area contributed by atoms with Crippen LogP contribution in [0, 0.1) is 5.92 Å². The van der Waals surface area contributed by atoms with Crippen molar-refractivity contribution in [2.45, 2.75) is 38.9 Å². The van der Waals surface area contributed by atoms with E-state index >= 15 is 0 Å². The first kappa shape index (κ1) is 11.0. The standard InChI is InChI=1S/C10H20O3/c1-8(11)9(2)13-7-10-3-5-12-6-4-10/h8-11H,3-7H2,1-2H3. The molecule has 2 atom stereocenters. The van der Waals surface area contributed by atoms with Crippen molar-refractivity contribution in [2.24, 2.45) is 5.92 Å². The van der Waals surface area contributed by atoms with Gasteiger partial charge in [-0.3, -0.25) is 0 Å². The Hall–Kier alpha value is -0.120. The Morgan fingerprint density at radius 3 is 2.54 bits per heavy atom. The van der Waals surface area contributed by atoms with Gasteiger partial charge in [0.2, 0.25) is 0 Å². The van der Waals surface area contributed by atoms with Crippen LogP contribution in [0.2, 0.25) is 0 Å². The van der Waals surface area contributed by atoms with Gasteiger partial charge >= 0.3 is 0 Å². The summed E-state index contributed by atoms with van der Waals surface area (Å²) >= 11 is 0. The summed E-state index contributed by atoms with van der Waals surface area (Å²) in [7, 11) is 0. The SMILES string of the molecule is CC(O)C(C)OCC1CCOCC1. The van der Waals surface area contributed by atoms with Gasteiger partial charge in [-0.15, -0.1) is 0 Å². The molecule has 3 heteroatoms. The van der Waals surface area contributed by atoms with Gasteiger partial charge in [0.15, 0.2) is 0 Å². The Morgan fingerprint density at radius 1 is 1.38 bits per heavy atom. The average Bonchev–Trinajstić information content (AvgIpc) is 2.15. The van der Waals surface area contributed by atoms with Gasteiger partial charge in [-0.2, -0.15) is 0 Å². The lowest BCUT2D eigenvalue weighted by Gasteiger charge is -2.24. The van der Waals surface area contributed by atoms with Gasteiger partial charge in [-0.25, -0.2) is 0 Å². The quantitative estimate of drug-likeness (QED) is 0.720. The van der Waals surface area contributed by atoms with Crippen LogP contribution in [0.3, 0.4) is 0 Å². The van der Waals surface area contributed by atoms with E-state index in [1.165, 1.54) is 0 Å². The van der Waals surface area contributed by atoms with Crippen LogP contribution in [0.15, 0.2) is 0 Å². The molecular formula is C10H20O3. The first-order valence-electron chi connectivity index (χ1n) is 5.07. The number of rotatable bonds is 4. The van der Waals surface area contributed by atoms with E-state index in [2.05, 4.69) is 0 Å². The van der Waals surface area contributed by atoms with Crippen molar-refractivity contribution < 1.29 is 14.6 Å². The second-order valence-electron chi connectivity index (χ2n) is 3.83. The number of ether oxygens (including phenoxy) is 2. The minimum atomic E-state index is -0.375. The molecule has 1 fully saturated rings. The van der Waals surface area contributed by atoms with Crippen LogP contribution in [0.1, 0.15) is 26.7 Å². The highest BCUT2D eigenvalue weighted by molar-refractivity contribution is 4.64. The van der Waals surface area contributed by atoms with Gasteiger partial charge in [0.25, 0.3) is 0 Å². The van der Waals surface area contributed by atoms with E-state index in [0.29, 0.717) is 5.92 Å². The number of hydrogen-bond acceptors (Lipinski definition) is 3. The Kier molecular flexibility index (Phi) is 4.70. The van der Waals surface area contributed by atoms with E-state index in [-0.39, 0.29) is 12.2 Å². The lowest BCUT2D eigenvalue weighted by molar-refractivity contribution is -0.0486. The first-order valence-corrected chi connectivity index (χ1v) is 5.07. The molecule has 0 aromatic carbocycles. The maximum atomic E-state index is 9.20. The molecule has 1 saturated heterocycles. The predicted octanol–water partition coefficient (Wildman–Crippen LogP) is 1.20. The molecular weight excluding hydrogens is 168 g/mol. The van der Waals surface area contributed by atoms with E-state index in [0.717, 1.165) is 32.7 Å². The highest BCUT2D eigenvalue weighted by Gasteiger charge is 2.16. The Bertz CT molecular complexity index is 130. The molecule has 3 nitrogen and oxygen atoms in total. The molecule has 1 aliphatic rings. The second kappa shape index (κ2) is 5.58. The molecule has 13 heavy (non-hydrogen) atoms. The summed E-state index contributed by atoms with van der Waals surface area (Å²) in [5.41, 5.74) is 0. The maximum absolute atomic E-state index is 9.20. The van der Waals surface area contributed by atoms with E-state index in [1.807, 2.05) is 6.92 Å². The smallest absolute Gasteiger partial charge is 0.0803 e. The minimum absolute atomic E-state index is 0.0529. The molecule has 0 saturated carbocycles. The third kappa shape index (κ3) is 4.07. The van der Waals surface area contributed by atoms with E-state index < -0.39 is 0 Å². The Balaban J connectivity index is 2.10. The normalized spacial score (nSPS) is 24.2. The molecule has 0 aromatic heterocycles. The summed E-state index contributed by atoms with van der Waals surface area (Å²) in [6, 6.07) is 0. The van der Waals surface area contributed by atoms with Crippen LogP contribution in [0.4, 0.5) is 0 Å². The second-order valence-corrected chi connectivity index (χ2v) is 3.83. The topological polar surface area (TPSA) is 38.7 Å². The molecule has 1 rings (SSSR count). The van der Waals surface area contributed by atoms with Gasteiger partial charge in [-0.05, 0) is 32.6 Å². The van der Waals surface area contributed by atoms with E-state index in [9.17, 15) is 5.11 Å². The first-order chi connectivity index (χ1) is 6.20. The Morgan fingerprint density at radius 2 is 2.00 bits per heavy atom. The fourth-order valence-electron chi connectivity index (χ4n) is 1.34. The summed E-state index contributed by atoms with van der Waals surface area (Å²) in [4.78, 5) is 0. The molecule has 1 aliphatic heterocycles. The van der Waals surface area contributed by atoms with Crippen molar-refractivity contribution in [1.29, 1.82) is 0 Å². The molecule has 0 radical (unpaired) electrons. The number of aliphatic hydroxyl groups excluding tert-OH is 1. The zero-order valence-electron chi connectivity index (χ0n) is 8.53. The van der Waals surface area contributed by atoms with Gasteiger partial charge < -0.3 is 14.6 Å². The number of hydrogen-bond donors (Lipinski definition) is 1. The van der Waals surface area contributed by atoms with Crippen molar-refractivity contribution in [3.05, 3.63) is 0 Å². The van der Waals surface area contributed by atoms with Crippen molar-refractivity contribution >= 4 is 0 Å². The summed E-state index contributed by atoms with van der Waals surface area (Å²) in [5, 5.41) is 9.20. The van der Waals surface area contributed by atoms with Crippen LogP contribution in [0.5, 0.6) is 0 Å². The minimum Gasteiger partial charge on any atom is -0.391 e. The lowest BCUT2D eigenvalue weighted by Crippen LogP contribution is -2.27. The van der Waals surface area contributed by atoms with E-state index in [4.69, 9.17) is 9.47 Å². The fraction of sp³-hybridized carbons (Fsp3) is 1.00. The molecule has 0 aromatic rings. The molecule has 0 spiro atoms. The predicted molar refractivity (Wildman–Crippen MR) is 50.6 cm³/mol. The Labute approximate surface area is 80.0 Å². The molecule has 1 N–H and O–H groups in total. The van der Waals surface area contributed by atoms with Gasteiger partial charge in [-0.1, -0.05) is 0 Å². The van der Waals surface area contributed by atoms with Crippen LogP contribution in [0.25, 0.3) is 0 Å². The van der Waals surface area contributed by atoms with Gasteiger partial charge in [0, 0.05) is 13.2 Å². The summed E-state index contributed by atoms with van der Waals surface area (Å²) < 4.78 is 10.8. The fourth-order valence-corrected chi connectivity index (χ4v) is 1.34. The monoisotopic (exact) mass is 188 g/mol. The highest BCUT2D eigenvalue weighted by atomic mass is 16.5. The van der Waals surface area contributed by atoms with Gasteiger partial charge in [0.1, 0.15) is 0 Å². The molecule has 0 amide bonds. The van der Waals surface area contributed by atoms with Crippen LogP contribution in [-0.4, -0.2) is 37.1 Å². The highest BCUT2D eigenvalue weighted by Crippen LogP contribution is 2.15. The summed E-state index contributed by atoms with van der Waals surface area (Å²) in [6.07, 6.45) is 1.75. The van der Waals surface area contributed by atoms with Crippen molar-refractivity contribution in [2.75, 3.05) is 19.8 Å². The maximum Gasteiger partial charge on any atom is 0.0803 e. The average molecular weight is 188 g/mol. The van der Waals surface area contributed by atoms with E-state index in [1.54, 1.807) is 6.92 Å². The number of aliphatic hydroxyl groups is 1. The summed E-state index contributed by atoms with van der Waals surface area (Å²) in [6.45, 7) is 6.14. The summed E-state index contributed by atoms with van der Waals surface area (Å²) in [5.74, 6) is 0.620. The largest absolute Gasteiger partial charge is 0.391 e. The zero-order chi connectivity index (χ0) is 9.68. The molecule has 2 unspecified atom stereocenters. The lowest BCUT2D eigenvalue weighted by atomic mass is 10.0. The molecule has 78 valence electrons. The van der Waals surface area contributed by atoms with Crippen molar-refractivity contribution in [3.8, 4) is 0 Å². The molecule has 0 bridgehead atoms. The third-order valence-corrected chi connectivity index (χ3v) is 2.62. The molecule has 0 aliphatic carbocycles. The van der Waals surface area contributed by atoms with Gasteiger partial charge in [0.05, 0.1) is 18.8 Å². The molecule has 1 heterocycles. The zero-order valence-corrected chi connectivity index (χ0v) is 8.53. The van der Waals surface area contributed by atoms with Crippen LogP contribution in [-0.2, 0) is 9.47 Å². The third-order valence-electron chi connectivity index (χ3n) is 2.62. The van der Waals surface area contributed by atoms with Crippen molar-refractivity contribution in [1.82, 2.24) is 0 Å². The van der Waals surface area contributed by atoms with Crippen LogP contribution < -0.4 is 0 Å². The van der Waals surface area contributed by atoms with Crippen molar-refractivity contribution in [3.63, 3.8) is 0 Å².